The highest BCUT2D eigenvalue weighted by atomic mass is 32.2. The van der Waals surface area contributed by atoms with E-state index < -0.39 is 18.3 Å². The van der Waals surface area contributed by atoms with E-state index in [9.17, 15) is 15.3 Å². The van der Waals surface area contributed by atoms with Crippen LogP contribution in [0.25, 0.3) is 0 Å². The van der Waals surface area contributed by atoms with Crippen molar-refractivity contribution in [2.75, 3.05) is 12.4 Å². The molecule has 5 heteroatoms. The number of ether oxygens (including phenoxy) is 1. The second kappa shape index (κ2) is 5.80. The summed E-state index contributed by atoms with van der Waals surface area (Å²) in [4.78, 5) is 1.16. The summed E-state index contributed by atoms with van der Waals surface area (Å²) in [5, 5.41) is 29.8. The molecular weight excluding hydrogens is 300 g/mol. The van der Waals surface area contributed by atoms with Crippen LogP contribution in [0, 0.1) is 5.92 Å². The molecule has 2 aliphatic heterocycles. The molecule has 0 saturated carbocycles. The van der Waals surface area contributed by atoms with Gasteiger partial charge in [-0.25, -0.2) is 0 Å². The third kappa shape index (κ3) is 2.69. The van der Waals surface area contributed by atoms with Crippen LogP contribution in [-0.2, 0) is 10.2 Å². The summed E-state index contributed by atoms with van der Waals surface area (Å²) >= 11 is 1.69. The highest BCUT2D eigenvalue weighted by Crippen LogP contribution is 2.47. The Morgan fingerprint density at radius 2 is 1.95 bits per heavy atom. The predicted molar refractivity (Wildman–Crippen MR) is 86.1 cm³/mol. The first-order chi connectivity index (χ1) is 10.3. The van der Waals surface area contributed by atoms with Gasteiger partial charge in [0.25, 0.3) is 0 Å². The van der Waals surface area contributed by atoms with Crippen LogP contribution in [0.4, 0.5) is 0 Å². The number of benzene rings is 1. The van der Waals surface area contributed by atoms with Gasteiger partial charge in [-0.05, 0) is 22.6 Å². The van der Waals surface area contributed by atoms with Crippen LogP contribution in [0.1, 0.15) is 38.0 Å². The fourth-order valence-electron chi connectivity index (χ4n) is 3.22. The maximum atomic E-state index is 10.4. The lowest BCUT2D eigenvalue weighted by Crippen LogP contribution is -2.54. The summed E-state index contributed by atoms with van der Waals surface area (Å²) in [7, 11) is 0. The lowest BCUT2D eigenvalue weighted by molar-refractivity contribution is -0.207. The first-order valence-corrected chi connectivity index (χ1v) is 8.71. The Labute approximate surface area is 135 Å². The van der Waals surface area contributed by atoms with Crippen LogP contribution in [0.2, 0.25) is 0 Å². The minimum Gasteiger partial charge on any atom is -0.394 e. The molecule has 3 rings (SSSR count). The fourth-order valence-corrected chi connectivity index (χ4v) is 4.47. The maximum Gasteiger partial charge on any atom is 0.110 e. The van der Waals surface area contributed by atoms with Gasteiger partial charge in [0, 0.05) is 16.6 Å². The van der Waals surface area contributed by atoms with Gasteiger partial charge < -0.3 is 20.1 Å². The Hall–Kier alpha value is -0.590. The van der Waals surface area contributed by atoms with E-state index >= 15 is 0 Å². The molecule has 2 aliphatic rings. The Balaban J connectivity index is 2.00. The summed E-state index contributed by atoms with van der Waals surface area (Å²) in [5.74, 6) is 0.564. The molecule has 0 amide bonds. The van der Waals surface area contributed by atoms with Crippen molar-refractivity contribution in [1.82, 2.24) is 0 Å². The molecule has 1 saturated heterocycles. The van der Waals surface area contributed by atoms with Crippen LogP contribution in [0.3, 0.4) is 0 Å². The molecule has 0 aromatic heterocycles. The molecule has 2 heterocycles. The SMILES string of the molecule is CC(C)(C)c1ccc2c(c1)[C@H]1O[C@H](CO)[C@@H](O)[C@H](O)[C@H]1CS2. The number of hydrogen-bond donors (Lipinski definition) is 3. The number of hydrogen-bond acceptors (Lipinski definition) is 5. The van der Waals surface area contributed by atoms with E-state index in [1.807, 2.05) is 0 Å². The monoisotopic (exact) mass is 324 g/mol. The lowest BCUT2D eigenvalue weighted by Gasteiger charge is -2.45. The number of aliphatic hydroxyl groups is 3. The largest absolute Gasteiger partial charge is 0.394 e. The third-order valence-corrected chi connectivity index (χ3v) is 5.91. The van der Waals surface area contributed by atoms with Gasteiger partial charge in [0.1, 0.15) is 12.2 Å². The zero-order valence-corrected chi connectivity index (χ0v) is 14.0. The van der Waals surface area contributed by atoms with E-state index in [-0.39, 0.29) is 24.0 Å². The van der Waals surface area contributed by atoms with Crippen LogP contribution in [0.5, 0.6) is 0 Å². The van der Waals surface area contributed by atoms with Gasteiger partial charge in [-0.15, -0.1) is 11.8 Å². The quantitative estimate of drug-likeness (QED) is 0.736. The normalized spacial score (nSPS) is 34.9. The second-order valence-corrected chi connectivity index (χ2v) is 8.30. The van der Waals surface area contributed by atoms with Gasteiger partial charge in [-0.3, -0.25) is 0 Å². The van der Waals surface area contributed by atoms with Gasteiger partial charge in [0.2, 0.25) is 0 Å². The molecule has 4 nitrogen and oxygen atoms in total. The smallest absolute Gasteiger partial charge is 0.110 e. The minimum atomic E-state index is -1.03. The molecule has 3 N–H and O–H groups in total. The maximum absolute atomic E-state index is 10.4. The summed E-state index contributed by atoms with van der Waals surface area (Å²) in [6, 6.07) is 6.41. The number of fused-ring (bicyclic) bond motifs is 3. The van der Waals surface area contributed by atoms with Gasteiger partial charge in [0.05, 0.1) is 18.8 Å². The Kier molecular flexibility index (Phi) is 4.29. The van der Waals surface area contributed by atoms with Crippen LogP contribution < -0.4 is 0 Å². The molecule has 0 spiro atoms. The van der Waals surface area contributed by atoms with Crippen molar-refractivity contribution in [3.8, 4) is 0 Å². The van der Waals surface area contributed by atoms with E-state index in [4.69, 9.17) is 4.74 Å². The van der Waals surface area contributed by atoms with Crippen molar-refractivity contribution < 1.29 is 20.1 Å². The summed E-state index contributed by atoms with van der Waals surface area (Å²) in [6.07, 6.45) is -2.89. The van der Waals surface area contributed by atoms with E-state index in [1.54, 1.807) is 11.8 Å². The zero-order chi connectivity index (χ0) is 16.1. The fraction of sp³-hybridized carbons (Fsp3) is 0.647. The van der Waals surface area contributed by atoms with Crippen molar-refractivity contribution in [3.05, 3.63) is 29.3 Å². The molecule has 22 heavy (non-hydrogen) atoms. The molecule has 0 aliphatic carbocycles. The summed E-state index contributed by atoms with van der Waals surface area (Å²) in [5.41, 5.74) is 2.32. The van der Waals surface area contributed by atoms with Crippen molar-refractivity contribution in [3.63, 3.8) is 0 Å². The molecular formula is C17H24O4S. The Morgan fingerprint density at radius 1 is 1.23 bits per heavy atom. The van der Waals surface area contributed by atoms with E-state index in [1.165, 1.54) is 5.56 Å². The van der Waals surface area contributed by atoms with Crippen molar-refractivity contribution in [2.45, 2.75) is 55.5 Å². The zero-order valence-electron chi connectivity index (χ0n) is 13.2. The van der Waals surface area contributed by atoms with Crippen LogP contribution in [-0.4, -0.2) is 46.0 Å². The molecule has 0 bridgehead atoms. The highest BCUT2D eigenvalue weighted by Gasteiger charge is 2.47. The average Bonchev–Trinajstić information content (AvgIpc) is 2.48. The van der Waals surface area contributed by atoms with Gasteiger partial charge in [-0.2, -0.15) is 0 Å². The average molecular weight is 324 g/mol. The molecule has 0 radical (unpaired) electrons. The molecule has 1 fully saturated rings. The minimum absolute atomic E-state index is 0.0375. The first-order valence-electron chi connectivity index (χ1n) is 7.72. The lowest BCUT2D eigenvalue weighted by atomic mass is 9.81. The molecule has 1 aromatic rings. The van der Waals surface area contributed by atoms with Crippen LogP contribution in [0.15, 0.2) is 23.1 Å². The highest BCUT2D eigenvalue weighted by molar-refractivity contribution is 7.99. The van der Waals surface area contributed by atoms with Gasteiger partial charge in [-0.1, -0.05) is 32.9 Å². The third-order valence-electron chi connectivity index (χ3n) is 4.67. The number of thioether (sulfide) groups is 1. The summed E-state index contributed by atoms with van der Waals surface area (Å²) in [6.45, 7) is 6.21. The van der Waals surface area contributed by atoms with E-state index in [2.05, 4.69) is 39.0 Å². The number of aliphatic hydroxyl groups excluding tert-OH is 3. The Morgan fingerprint density at radius 3 is 2.59 bits per heavy atom. The predicted octanol–water partition coefficient (Wildman–Crippen LogP) is 1.86. The molecule has 0 unspecified atom stereocenters. The Bertz CT molecular complexity index is 554. The molecule has 1 aromatic carbocycles. The topological polar surface area (TPSA) is 69.9 Å². The van der Waals surface area contributed by atoms with Crippen LogP contribution >= 0.6 is 11.8 Å². The van der Waals surface area contributed by atoms with E-state index in [0.29, 0.717) is 5.75 Å². The summed E-state index contributed by atoms with van der Waals surface area (Å²) < 4.78 is 5.94. The molecule has 122 valence electrons. The van der Waals surface area contributed by atoms with Crippen molar-refractivity contribution in [2.24, 2.45) is 5.92 Å². The van der Waals surface area contributed by atoms with Gasteiger partial charge in [0.15, 0.2) is 0 Å². The van der Waals surface area contributed by atoms with Crippen molar-refractivity contribution >= 4 is 11.8 Å². The standard InChI is InChI=1S/C17H24O4S/c1-17(2,3)9-4-5-13-10(6-9)16-11(8-22-13)14(19)15(20)12(7-18)21-16/h4-6,11-12,14-16,18-20H,7-8H2,1-3H3/t11-,12-,14-,15-,16-/m1/s1. The van der Waals surface area contributed by atoms with E-state index in [0.717, 1.165) is 10.5 Å². The second-order valence-electron chi connectivity index (χ2n) is 7.24. The van der Waals surface area contributed by atoms with Crippen molar-refractivity contribution in [1.29, 1.82) is 0 Å². The van der Waals surface area contributed by atoms with Gasteiger partial charge >= 0.3 is 0 Å². The number of rotatable bonds is 1. The first kappa shape index (κ1) is 16.3. The molecule has 5 atom stereocenters.